The van der Waals surface area contributed by atoms with Crippen LogP contribution in [0.25, 0.3) is 0 Å². The van der Waals surface area contributed by atoms with Crippen molar-refractivity contribution >= 4 is 5.78 Å². The summed E-state index contributed by atoms with van der Waals surface area (Å²) in [4.78, 5) is 10.8. The molecule has 1 aliphatic rings. The van der Waals surface area contributed by atoms with Crippen LogP contribution < -0.4 is 0 Å². The molecule has 0 N–H and O–H groups in total. The standard InChI is InChI=1S/C12H22O2/c1-10(9-11(2)13)5-3-6-12-7-4-8-14-12/h10,12H,3-9H2,1-2H3. The Morgan fingerprint density at radius 3 is 2.93 bits per heavy atom. The topological polar surface area (TPSA) is 26.3 Å². The van der Waals surface area contributed by atoms with Gasteiger partial charge >= 0.3 is 0 Å². The van der Waals surface area contributed by atoms with E-state index in [0.717, 1.165) is 13.0 Å². The van der Waals surface area contributed by atoms with Gasteiger partial charge in [0.2, 0.25) is 0 Å². The number of carbonyl (C=O) groups excluding carboxylic acids is 1. The molecule has 2 unspecified atom stereocenters. The molecule has 0 bridgehead atoms. The Hall–Kier alpha value is -0.370. The molecule has 0 aliphatic carbocycles. The molecule has 14 heavy (non-hydrogen) atoms. The largest absolute Gasteiger partial charge is 0.378 e. The van der Waals surface area contributed by atoms with Gasteiger partial charge in [-0.3, -0.25) is 0 Å². The molecule has 0 saturated carbocycles. The summed E-state index contributed by atoms with van der Waals surface area (Å²) in [5.41, 5.74) is 0. The number of ketones is 1. The number of ether oxygens (including phenoxy) is 1. The molecular weight excluding hydrogens is 176 g/mol. The Balaban J connectivity index is 1.99. The van der Waals surface area contributed by atoms with Gasteiger partial charge in [-0.15, -0.1) is 0 Å². The lowest BCUT2D eigenvalue weighted by molar-refractivity contribution is -0.117. The lowest BCUT2D eigenvalue weighted by Gasteiger charge is -2.11. The highest BCUT2D eigenvalue weighted by Gasteiger charge is 2.15. The van der Waals surface area contributed by atoms with Crippen LogP contribution >= 0.6 is 0 Å². The van der Waals surface area contributed by atoms with Gasteiger partial charge in [-0.1, -0.05) is 19.8 Å². The van der Waals surface area contributed by atoms with Crippen molar-refractivity contribution in [2.45, 2.75) is 58.5 Å². The monoisotopic (exact) mass is 198 g/mol. The van der Waals surface area contributed by atoms with E-state index >= 15 is 0 Å². The molecule has 2 nitrogen and oxygen atoms in total. The molecule has 2 heteroatoms. The van der Waals surface area contributed by atoms with Crippen LogP contribution in [0.3, 0.4) is 0 Å². The van der Waals surface area contributed by atoms with E-state index in [2.05, 4.69) is 6.92 Å². The smallest absolute Gasteiger partial charge is 0.130 e. The summed E-state index contributed by atoms with van der Waals surface area (Å²) in [6.07, 6.45) is 7.28. The Kier molecular flexibility index (Phi) is 5.16. The van der Waals surface area contributed by atoms with Crippen molar-refractivity contribution in [1.82, 2.24) is 0 Å². The molecule has 1 rings (SSSR count). The second kappa shape index (κ2) is 6.18. The van der Waals surface area contributed by atoms with Crippen LogP contribution in [-0.4, -0.2) is 18.5 Å². The van der Waals surface area contributed by atoms with Crippen LogP contribution in [0, 0.1) is 5.92 Å². The van der Waals surface area contributed by atoms with Crippen molar-refractivity contribution in [3.63, 3.8) is 0 Å². The highest BCUT2D eigenvalue weighted by atomic mass is 16.5. The van der Waals surface area contributed by atoms with E-state index in [1.807, 2.05) is 0 Å². The van der Waals surface area contributed by atoms with E-state index in [-0.39, 0.29) is 0 Å². The van der Waals surface area contributed by atoms with E-state index in [1.165, 1.54) is 32.1 Å². The van der Waals surface area contributed by atoms with Gasteiger partial charge < -0.3 is 9.53 Å². The molecule has 0 spiro atoms. The average Bonchev–Trinajstić information content (AvgIpc) is 2.55. The van der Waals surface area contributed by atoms with Gasteiger partial charge in [-0.05, 0) is 32.1 Å². The zero-order valence-electron chi connectivity index (χ0n) is 9.42. The van der Waals surface area contributed by atoms with E-state index in [1.54, 1.807) is 6.92 Å². The first kappa shape index (κ1) is 11.7. The predicted molar refractivity (Wildman–Crippen MR) is 57.3 cm³/mol. The molecule has 1 saturated heterocycles. The first-order chi connectivity index (χ1) is 6.68. The third kappa shape index (κ3) is 4.75. The van der Waals surface area contributed by atoms with Gasteiger partial charge in [-0.25, -0.2) is 0 Å². The average molecular weight is 198 g/mol. The summed E-state index contributed by atoms with van der Waals surface area (Å²) >= 11 is 0. The maximum atomic E-state index is 10.8. The van der Waals surface area contributed by atoms with Crippen LogP contribution in [0.1, 0.15) is 52.4 Å². The van der Waals surface area contributed by atoms with Gasteiger partial charge in [0.15, 0.2) is 0 Å². The van der Waals surface area contributed by atoms with E-state index < -0.39 is 0 Å². The fourth-order valence-corrected chi connectivity index (χ4v) is 2.16. The molecular formula is C12H22O2. The molecule has 0 radical (unpaired) electrons. The molecule has 1 aliphatic heterocycles. The zero-order valence-corrected chi connectivity index (χ0v) is 9.42. The summed E-state index contributed by atoms with van der Waals surface area (Å²) in [5, 5.41) is 0. The summed E-state index contributed by atoms with van der Waals surface area (Å²) < 4.78 is 5.55. The fraction of sp³-hybridized carbons (Fsp3) is 0.917. The number of rotatable bonds is 6. The minimum absolute atomic E-state index is 0.314. The molecule has 0 aromatic rings. The minimum atomic E-state index is 0.314. The fourth-order valence-electron chi connectivity index (χ4n) is 2.16. The van der Waals surface area contributed by atoms with Crippen molar-refractivity contribution in [2.24, 2.45) is 5.92 Å². The van der Waals surface area contributed by atoms with Gasteiger partial charge in [0.05, 0.1) is 6.10 Å². The van der Waals surface area contributed by atoms with Gasteiger partial charge in [0, 0.05) is 13.0 Å². The zero-order chi connectivity index (χ0) is 10.4. The Labute approximate surface area is 87.0 Å². The number of hydrogen-bond acceptors (Lipinski definition) is 2. The van der Waals surface area contributed by atoms with Crippen molar-refractivity contribution in [1.29, 1.82) is 0 Å². The number of Topliss-reactive ketones (excluding diaryl/α,β-unsaturated/α-hetero) is 1. The van der Waals surface area contributed by atoms with Gasteiger partial charge in [-0.2, -0.15) is 0 Å². The van der Waals surface area contributed by atoms with Crippen LogP contribution in [0.15, 0.2) is 0 Å². The van der Waals surface area contributed by atoms with E-state index in [9.17, 15) is 4.79 Å². The molecule has 0 aromatic heterocycles. The maximum absolute atomic E-state index is 10.8. The van der Waals surface area contributed by atoms with Crippen LogP contribution in [0.2, 0.25) is 0 Å². The highest BCUT2D eigenvalue weighted by molar-refractivity contribution is 5.75. The summed E-state index contributed by atoms with van der Waals surface area (Å²) in [6.45, 7) is 4.79. The van der Waals surface area contributed by atoms with Crippen molar-refractivity contribution in [3.8, 4) is 0 Å². The Morgan fingerprint density at radius 1 is 1.57 bits per heavy atom. The van der Waals surface area contributed by atoms with E-state index in [0.29, 0.717) is 17.8 Å². The first-order valence-electron chi connectivity index (χ1n) is 5.79. The molecule has 1 heterocycles. The van der Waals surface area contributed by atoms with Crippen LogP contribution in [-0.2, 0) is 9.53 Å². The van der Waals surface area contributed by atoms with Crippen molar-refractivity contribution < 1.29 is 9.53 Å². The van der Waals surface area contributed by atoms with Crippen LogP contribution in [0.4, 0.5) is 0 Å². The minimum Gasteiger partial charge on any atom is -0.378 e. The number of hydrogen-bond donors (Lipinski definition) is 0. The lowest BCUT2D eigenvalue weighted by Crippen LogP contribution is -2.07. The van der Waals surface area contributed by atoms with Crippen molar-refractivity contribution in [3.05, 3.63) is 0 Å². The summed E-state index contributed by atoms with van der Waals surface area (Å²) in [6, 6.07) is 0. The first-order valence-corrected chi connectivity index (χ1v) is 5.79. The second-order valence-electron chi connectivity index (χ2n) is 4.58. The molecule has 82 valence electrons. The summed E-state index contributed by atoms with van der Waals surface area (Å²) in [5.74, 6) is 0.864. The second-order valence-corrected chi connectivity index (χ2v) is 4.58. The summed E-state index contributed by atoms with van der Waals surface area (Å²) in [7, 11) is 0. The van der Waals surface area contributed by atoms with Crippen molar-refractivity contribution in [2.75, 3.05) is 6.61 Å². The molecule has 2 atom stereocenters. The molecule has 1 fully saturated rings. The van der Waals surface area contributed by atoms with Crippen LogP contribution in [0.5, 0.6) is 0 Å². The van der Waals surface area contributed by atoms with E-state index in [4.69, 9.17) is 4.74 Å². The Morgan fingerprint density at radius 2 is 2.36 bits per heavy atom. The van der Waals surface area contributed by atoms with Gasteiger partial charge in [0.1, 0.15) is 5.78 Å². The third-order valence-electron chi connectivity index (χ3n) is 2.88. The van der Waals surface area contributed by atoms with Gasteiger partial charge in [0.25, 0.3) is 0 Å². The molecule has 0 amide bonds. The third-order valence-corrected chi connectivity index (χ3v) is 2.88. The maximum Gasteiger partial charge on any atom is 0.130 e. The molecule has 0 aromatic carbocycles. The SMILES string of the molecule is CC(=O)CC(C)CCCC1CCCO1. The lowest BCUT2D eigenvalue weighted by atomic mass is 9.97. The number of carbonyl (C=O) groups is 1. The Bertz CT molecular complexity index is 171. The highest BCUT2D eigenvalue weighted by Crippen LogP contribution is 2.20. The quantitative estimate of drug-likeness (QED) is 0.656. The normalized spacial score (nSPS) is 23.7. The predicted octanol–water partition coefficient (Wildman–Crippen LogP) is 2.95.